The molecule has 4 aromatic heterocycles. The summed E-state index contributed by atoms with van der Waals surface area (Å²) in [5, 5.41) is 4.55. The second kappa shape index (κ2) is 7.00. The van der Waals surface area contributed by atoms with Crippen LogP contribution in [0.4, 0.5) is 0 Å². The first-order valence-electron chi connectivity index (χ1n) is 9.07. The molecule has 6 aromatic rings. The zero-order valence-electron chi connectivity index (χ0n) is 15.0. The lowest BCUT2D eigenvalue weighted by Crippen LogP contribution is -1.83. The van der Waals surface area contributed by atoms with Crippen molar-refractivity contribution in [2.45, 2.75) is 0 Å². The third kappa shape index (κ3) is 2.91. The number of nitrogens with zero attached hydrogens (tertiary/aromatic N) is 4. The second-order valence-corrected chi connectivity index (χ2v) is 6.43. The Kier molecular flexibility index (Phi) is 4.07. The highest BCUT2D eigenvalue weighted by Gasteiger charge is 2.01. The molecule has 4 nitrogen and oxygen atoms in total. The number of hydrogen-bond donors (Lipinski definition) is 0. The predicted molar refractivity (Wildman–Crippen MR) is 114 cm³/mol. The van der Waals surface area contributed by atoms with E-state index < -0.39 is 0 Å². The fourth-order valence-electron chi connectivity index (χ4n) is 3.38. The second-order valence-electron chi connectivity index (χ2n) is 6.43. The maximum Gasteiger partial charge on any atom is 0.0964 e. The van der Waals surface area contributed by atoms with Crippen molar-refractivity contribution in [3.63, 3.8) is 0 Å². The van der Waals surface area contributed by atoms with E-state index in [-0.39, 0.29) is 0 Å². The van der Waals surface area contributed by atoms with Gasteiger partial charge in [-0.3, -0.25) is 19.9 Å². The molecule has 0 aliphatic rings. The molecule has 0 amide bonds. The third-order valence-electron chi connectivity index (χ3n) is 4.70. The molecule has 0 N–H and O–H groups in total. The molecule has 132 valence electrons. The highest BCUT2D eigenvalue weighted by molar-refractivity contribution is 6.03. The van der Waals surface area contributed by atoms with Crippen LogP contribution in [-0.4, -0.2) is 19.9 Å². The highest BCUT2D eigenvalue weighted by atomic mass is 14.7. The number of benzene rings is 2. The quantitative estimate of drug-likeness (QED) is 0.333. The molecule has 0 radical (unpaired) electrons. The first-order valence-corrected chi connectivity index (χ1v) is 9.07. The Morgan fingerprint density at radius 2 is 0.857 bits per heavy atom. The van der Waals surface area contributed by atoms with E-state index in [1.54, 1.807) is 18.6 Å². The normalized spacial score (nSPS) is 10.9. The van der Waals surface area contributed by atoms with Crippen molar-refractivity contribution in [3.05, 3.63) is 97.6 Å². The van der Waals surface area contributed by atoms with Gasteiger partial charge in [-0.05, 0) is 36.4 Å². The lowest BCUT2D eigenvalue weighted by Gasteiger charge is -2.00. The van der Waals surface area contributed by atoms with Crippen LogP contribution in [0.25, 0.3) is 43.6 Å². The minimum atomic E-state index is 0.977. The highest BCUT2D eigenvalue weighted by Crippen LogP contribution is 2.21. The Balaban J connectivity index is 0.000000122. The van der Waals surface area contributed by atoms with Crippen molar-refractivity contribution in [3.8, 4) is 0 Å². The molecule has 0 aliphatic carbocycles. The van der Waals surface area contributed by atoms with E-state index in [4.69, 9.17) is 0 Å². The van der Waals surface area contributed by atoms with Gasteiger partial charge in [-0.1, -0.05) is 36.4 Å². The summed E-state index contributed by atoms with van der Waals surface area (Å²) >= 11 is 0. The molecule has 0 spiro atoms. The molecule has 0 fully saturated rings. The lowest BCUT2D eigenvalue weighted by molar-refractivity contribution is 1.37. The molecule has 6 rings (SSSR count). The SMILES string of the molecule is c1cnc2c(c1)ccc1cccnc12.c1cnc2c(c1)ccc1ncccc12. The van der Waals surface area contributed by atoms with E-state index in [1.165, 1.54) is 0 Å². The Morgan fingerprint density at radius 3 is 1.50 bits per heavy atom. The molecule has 0 saturated carbocycles. The number of pyridine rings is 4. The molecule has 4 heterocycles. The van der Waals surface area contributed by atoms with Gasteiger partial charge in [0.15, 0.2) is 0 Å². The number of rotatable bonds is 0. The Labute approximate surface area is 161 Å². The first-order chi connectivity index (χ1) is 13.9. The van der Waals surface area contributed by atoms with Crippen LogP contribution in [0.15, 0.2) is 97.6 Å². The third-order valence-corrected chi connectivity index (χ3v) is 4.70. The zero-order chi connectivity index (χ0) is 18.8. The standard InChI is InChI=1S/2C12H8N2/c1-3-9-5-6-11-10(4-2-7-13-11)12(9)14-8-1;1-3-9-5-6-10-4-2-8-14-12(10)11(9)13-7-1/h2*1-8H. The Hall–Kier alpha value is -3.92. The minimum absolute atomic E-state index is 0.977. The predicted octanol–water partition coefficient (Wildman–Crippen LogP) is 5.57. The van der Waals surface area contributed by atoms with Crippen LogP contribution in [0, 0.1) is 0 Å². The molecular weight excluding hydrogens is 344 g/mol. The molecule has 0 atom stereocenters. The van der Waals surface area contributed by atoms with E-state index in [0.717, 1.165) is 43.6 Å². The molecule has 2 aromatic carbocycles. The monoisotopic (exact) mass is 360 g/mol. The fraction of sp³-hybridized carbons (Fsp3) is 0. The summed E-state index contributed by atoms with van der Waals surface area (Å²) in [6, 6.07) is 24.2. The van der Waals surface area contributed by atoms with Gasteiger partial charge in [0.25, 0.3) is 0 Å². The van der Waals surface area contributed by atoms with Crippen LogP contribution in [-0.2, 0) is 0 Å². The number of fused-ring (bicyclic) bond motifs is 6. The summed E-state index contributed by atoms with van der Waals surface area (Å²) in [5.41, 5.74) is 3.98. The summed E-state index contributed by atoms with van der Waals surface area (Å²) in [5.74, 6) is 0. The smallest absolute Gasteiger partial charge is 0.0964 e. The topological polar surface area (TPSA) is 51.6 Å². The summed E-state index contributed by atoms with van der Waals surface area (Å²) in [7, 11) is 0. The van der Waals surface area contributed by atoms with Crippen LogP contribution < -0.4 is 0 Å². The van der Waals surface area contributed by atoms with Gasteiger partial charge in [0.05, 0.1) is 22.1 Å². The summed E-state index contributed by atoms with van der Waals surface area (Å²) in [6.07, 6.45) is 7.22. The van der Waals surface area contributed by atoms with Crippen molar-refractivity contribution in [2.75, 3.05) is 0 Å². The van der Waals surface area contributed by atoms with E-state index >= 15 is 0 Å². The van der Waals surface area contributed by atoms with Crippen molar-refractivity contribution in [1.82, 2.24) is 19.9 Å². The average molecular weight is 360 g/mol. The molecule has 0 aliphatic heterocycles. The largest absolute Gasteiger partial charge is 0.256 e. The van der Waals surface area contributed by atoms with Crippen molar-refractivity contribution in [1.29, 1.82) is 0 Å². The number of hydrogen-bond acceptors (Lipinski definition) is 4. The van der Waals surface area contributed by atoms with Gasteiger partial charge < -0.3 is 0 Å². The summed E-state index contributed by atoms with van der Waals surface area (Å²) < 4.78 is 0. The minimum Gasteiger partial charge on any atom is -0.256 e. The van der Waals surface area contributed by atoms with Crippen molar-refractivity contribution < 1.29 is 0 Å². The number of aromatic nitrogens is 4. The van der Waals surface area contributed by atoms with Gasteiger partial charge in [0, 0.05) is 46.3 Å². The lowest BCUT2D eigenvalue weighted by atomic mass is 10.1. The maximum atomic E-state index is 4.37. The van der Waals surface area contributed by atoms with Crippen LogP contribution >= 0.6 is 0 Å². The fourth-order valence-corrected chi connectivity index (χ4v) is 3.38. The van der Waals surface area contributed by atoms with Crippen molar-refractivity contribution >= 4 is 43.6 Å². The van der Waals surface area contributed by atoms with Crippen LogP contribution in [0.1, 0.15) is 0 Å². The Bertz CT molecular complexity index is 1210. The van der Waals surface area contributed by atoms with Gasteiger partial charge in [-0.2, -0.15) is 0 Å². The summed E-state index contributed by atoms with van der Waals surface area (Å²) in [6.45, 7) is 0. The van der Waals surface area contributed by atoms with Gasteiger partial charge in [-0.25, -0.2) is 0 Å². The molecule has 0 unspecified atom stereocenters. The molecular formula is C24H16N4. The molecule has 4 heteroatoms. The zero-order valence-corrected chi connectivity index (χ0v) is 15.0. The first kappa shape index (κ1) is 16.3. The van der Waals surface area contributed by atoms with Crippen LogP contribution in [0.5, 0.6) is 0 Å². The average Bonchev–Trinajstić information content (AvgIpc) is 2.79. The van der Waals surface area contributed by atoms with E-state index in [1.807, 2.05) is 36.5 Å². The van der Waals surface area contributed by atoms with E-state index in [0.29, 0.717) is 0 Å². The van der Waals surface area contributed by atoms with Gasteiger partial charge in [0.1, 0.15) is 0 Å². The summed E-state index contributed by atoms with van der Waals surface area (Å²) in [4.78, 5) is 17.4. The molecule has 0 saturated heterocycles. The Morgan fingerprint density at radius 1 is 0.393 bits per heavy atom. The van der Waals surface area contributed by atoms with Gasteiger partial charge >= 0.3 is 0 Å². The van der Waals surface area contributed by atoms with Gasteiger partial charge in [-0.15, -0.1) is 0 Å². The maximum absolute atomic E-state index is 4.37. The van der Waals surface area contributed by atoms with Crippen LogP contribution in [0.2, 0.25) is 0 Å². The van der Waals surface area contributed by atoms with Crippen LogP contribution in [0.3, 0.4) is 0 Å². The molecule has 0 bridgehead atoms. The van der Waals surface area contributed by atoms with E-state index in [2.05, 4.69) is 62.4 Å². The molecule has 28 heavy (non-hydrogen) atoms. The van der Waals surface area contributed by atoms with Crippen molar-refractivity contribution in [2.24, 2.45) is 0 Å². The van der Waals surface area contributed by atoms with Gasteiger partial charge in [0.2, 0.25) is 0 Å². The van der Waals surface area contributed by atoms with E-state index in [9.17, 15) is 0 Å².